The number of carbonyl (C=O) groups is 1. The highest BCUT2D eigenvalue weighted by Crippen LogP contribution is 2.30. The Bertz CT molecular complexity index is 1630. The molecule has 0 spiro atoms. The highest BCUT2D eigenvalue weighted by atomic mass is 16.3. The lowest BCUT2D eigenvalue weighted by Crippen LogP contribution is -2.15. The van der Waals surface area contributed by atoms with Gasteiger partial charge in [-0.15, -0.1) is 10.2 Å². The zero-order valence-electron chi connectivity index (χ0n) is 22.2. The first kappa shape index (κ1) is 26.4. The lowest BCUT2D eigenvalue weighted by molar-refractivity contribution is 0.102. The van der Waals surface area contributed by atoms with Crippen LogP contribution in [-0.4, -0.2) is 46.6 Å². The summed E-state index contributed by atoms with van der Waals surface area (Å²) in [6, 6.07) is 20.0. The van der Waals surface area contributed by atoms with E-state index in [-0.39, 0.29) is 35.7 Å². The van der Waals surface area contributed by atoms with Crippen LogP contribution < -0.4 is 16.4 Å². The van der Waals surface area contributed by atoms with Crippen molar-refractivity contribution in [2.45, 2.75) is 32.8 Å². The van der Waals surface area contributed by atoms with Crippen molar-refractivity contribution in [2.75, 3.05) is 16.4 Å². The number of aliphatic hydroxyl groups excluding tert-OH is 1. The first-order valence-electron chi connectivity index (χ1n) is 12.5. The van der Waals surface area contributed by atoms with Gasteiger partial charge < -0.3 is 21.5 Å². The third-order valence-corrected chi connectivity index (χ3v) is 6.23. The normalized spacial score (nSPS) is 11.3. The van der Waals surface area contributed by atoms with Gasteiger partial charge in [0.2, 0.25) is 17.7 Å². The number of aliphatic hydroxyl groups is 1. The summed E-state index contributed by atoms with van der Waals surface area (Å²) >= 11 is 0. The summed E-state index contributed by atoms with van der Waals surface area (Å²) in [5.41, 5.74) is 10.5. The monoisotopic (exact) mass is 536 g/mol. The molecule has 40 heavy (non-hydrogen) atoms. The largest absolute Gasteiger partial charge is 0.392 e. The predicted molar refractivity (Wildman–Crippen MR) is 152 cm³/mol. The summed E-state index contributed by atoms with van der Waals surface area (Å²) in [4.78, 5) is 26.0. The van der Waals surface area contributed by atoms with Crippen molar-refractivity contribution in [3.8, 4) is 22.8 Å². The van der Waals surface area contributed by atoms with Gasteiger partial charge in [0.15, 0.2) is 5.82 Å². The first-order valence-corrected chi connectivity index (χ1v) is 12.5. The maximum atomic E-state index is 13.0. The summed E-state index contributed by atoms with van der Waals surface area (Å²) < 4.78 is 0. The summed E-state index contributed by atoms with van der Waals surface area (Å²) in [6.45, 7) is 5.98. The van der Waals surface area contributed by atoms with Crippen LogP contribution in [0.1, 0.15) is 42.3 Å². The second-order valence-corrected chi connectivity index (χ2v) is 10.0. The number of tetrazole rings is 1. The van der Waals surface area contributed by atoms with Gasteiger partial charge in [-0.25, -0.2) is 0 Å². The van der Waals surface area contributed by atoms with E-state index in [1.54, 1.807) is 30.3 Å². The smallest absolute Gasteiger partial charge is 0.255 e. The van der Waals surface area contributed by atoms with Crippen molar-refractivity contribution < 1.29 is 9.90 Å². The second kappa shape index (κ2) is 10.9. The number of nitrogens with one attached hydrogen (secondary N) is 3. The number of aromatic nitrogens is 7. The molecule has 5 rings (SSSR count). The number of carbonyl (C=O) groups excluding carboxylic acids is 1. The van der Waals surface area contributed by atoms with Crippen LogP contribution in [0.2, 0.25) is 0 Å². The van der Waals surface area contributed by atoms with Gasteiger partial charge in [-0.2, -0.15) is 20.2 Å². The van der Waals surface area contributed by atoms with E-state index < -0.39 is 0 Å². The quantitative estimate of drug-likeness (QED) is 0.203. The fourth-order valence-corrected chi connectivity index (χ4v) is 4.08. The van der Waals surface area contributed by atoms with Gasteiger partial charge in [0.1, 0.15) is 0 Å². The van der Waals surface area contributed by atoms with E-state index in [2.05, 4.69) is 67.0 Å². The van der Waals surface area contributed by atoms with Crippen LogP contribution in [0, 0.1) is 0 Å². The van der Waals surface area contributed by atoms with Crippen LogP contribution in [0.4, 0.5) is 23.3 Å². The molecule has 202 valence electrons. The van der Waals surface area contributed by atoms with E-state index in [4.69, 9.17) is 5.73 Å². The van der Waals surface area contributed by atoms with E-state index in [0.717, 1.165) is 11.1 Å². The van der Waals surface area contributed by atoms with Gasteiger partial charge in [0.25, 0.3) is 5.91 Å². The third kappa shape index (κ3) is 5.76. The minimum atomic E-state index is -0.360. The van der Waals surface area contributed by atoms with E-state index in [9.17, 15) is 9.90 Å². The van der Waals surface area contributed by atoms with Crippen LogP contribution in [0.25, 0.3) is 22.8 Å². The molecule has 12 nitrogen and oxygen atoms in total. The fraction of sp³-hybridized carbons (Fsp3) is 0.179. The number of rotatable bonds is 7. The number of benzene rings is 3. The number of aromatic amines is 1. The number of hydrogen-bond donors (Lipinski definition) is 5. The van der Waals surface area contributed by atoms with Gasteiger partial charge in [-0.1, -0.05) is 45.0 Å². The zero-order valence-corrected chi connectivity index (χ0v) is 22.2. The molecule has 0 aliphatic rings. The molecular formula is C28H28N10O2. The molecule has 6 N–H and O–H groups in total. The Morgan fingerprint density at radius 1 is 0.950 bits per heavy atom. The molecule has 3 aromatic carbocycles. The molecule has 0 aliphatic carbocycles. The van der Waals surface area contributed by atoms with Crippen LogP contribution in [0.5, 0.6) is 0 Å². The van der Waals surface area contributed by atoms with E-state index >= 15 is 0 Å². The van der Waals surface area contributed by atoms with E-state index in [0.29, 0.717) is 33.9 Å². The number of amides is 1. The molecule has 0 atom stereocenters. The minimum Gasteiger partial charge on any atom is -0.392 e. The molecule has 12 heteroatoms. The van der Waals surface area contributed by atoms with Crippen molar-refractivity contribution >= 4 is 29.2 Å². The topological polar surface area (TPSA) is 181 Å². The summed E-state index contributed by atoms with van der Waals surface area (Å²) in [5, 5.41) is 30.2. The standard InChI is InChI=1S/C28H28N10O2/c1-28(2,3)18-11-7-17(8-12-18)25(40)31-22-6-4-5-20(21(22)15-39)24-32-26(29)34-27(33-24)30-19-13-9-16(10-14-19)23-35-37-38-36-23/h4-14,39H,15H2,1-3H3,(H,31,40)(H,35,36,37,38)(H3,29,30,32,33,34). The lowest BCUT2D eigenvalue weighted by Gasteiger charge is -2.19. The molecular weight excluding hydrogens is 508 g/mol. The molecule has 0 saturated heterocycles. The van der Waals surface area contributed by atoms with Crippen LogP contribution in [0.15, 0.2) is 66.7 Å². The Labute approximate surface area is 230 Å². The van der Waals surface area contributed by atoms with Crippen molar-refractivity contribution in [3.05, 3.63) is 83.4 Å². The minimum absolute atomic E-state index is 0.00631. The van der Waals surface area contributed by atoms with Crippen molar-refractivity contribution in [1.82, 2.24) is 35.6 Å². The molecule has 5 aromatic rings. The van der Waals surface area contributed by atoms with Crippen molar-refractivity contribution in [1.29, 1.82) is 0 Å². The summed E-state index contributed by atoms with van der Waals surface area (Å²) in [6.07, 6.45) is 0. The van der Waals surface area contributed by atoms with Crippen LogP contribution >= 0.6 is 0 Å². The predicted octanol–water partition coefficient (Wildman–Crippen LogP) is 4.09. The van der Waals surface area contributed by atoms with Crippen molar-refractivity contribution in [3.63, 3.8) is 0 Å². The Morgan fingerprint density at radius 2 is 1.70 bits per heavy atom. The van der Waals surface area contributed by atoms with Crippen LogP contribution in [0.3, 0.4) is 0 Å². The van der Waals surface area contributed by atoms with Gasteiger partial charge >= 0.3 is 0 Å². The zero-order chi connectivity index (χ0) is 28.3. The van der Waals surface area contributed by atoms with Crippen LogP contribution in [-0.2, 0) is 12.0 Å². The Kier molecular flexibility index (Phi) is 7.17. The molecule has 2 heterocycles. The lowest BCUT2D eigenvalue weighted by atomic mass is 9.86. The maximum Gasteiger partial charge on any atom is 0.255 e. The molecule has 0 bridgehead atoms. The molecule has 0 unspecified atom stereocenters. The van der Waals surface area contributed by atoms with E-state index in [1.165, 1.54) is 0 Å². The van der Waals surface area contributed by atoms with Gasteiger partial charge in [0, 0.05) is 33.6 Å². The average Bonchev–Trinajstić information content (AvgIpc) is 3.48. The van der Waals surface area contributed by atoms with Gasteiger partial charge in [-0.3, -0.25) is 4.79 Å². The van der Waals surface area contributed by atoms with Gasteiger partial charge in [0.05, 0.1) is 6.61 Å². The first-order chi connectivity index (χ1) is 19.2. The van der Waals surface area contributed by atoms with E-state index in [1.807, 2.05) is 36.4 Å². The molecule has 0 aliphatic heterocycles. The summed E-state index contributed by atoms with van der Waals surface area (Å²) in [5.74, 6) is 0.631. The number of anilines is 4. The number of nitrogens with zero attached hydrogens (tertiary/aromatic N) is 6. The Morgan fingerprint density at radius 3 is 2.35 bits per heavy atom. The summed E-state index contributed by atoms with van der Waals surface area (Å²) in [7, 11) is 0. The number of nitrogen functional groups attached to an aromatic ring is 1. The number of H-pyrrole nitrogens is 1. The number of hydrogen-bond acceptors (Lipinski definition) is 10. The molecule has 1 amide bonds. The molecule has 0 saturated carbocycles. The van der Waals surface area contributed by atoms with Gasteiger partial charge in [-0.05, 0) is 58.7 Å². The fourth-order valence-electron chi connectivity index (χ4n) is 4.08. The Hall–Kier alpha value is -5.23. The third-order valence-electron chi connectivity index (χ3n) is 6.23. The Balaban J connectivity index is 1.39. The van der Waals surface area contributed by atoms with Crippen molar-refractivity contribution in [2.24, 2.45) is 0 Å². The number of nitrogens with two attached hydrogens (primary N) is 1. The SMILES string of the molecule is CC(C)(C)c1ccc(C(=O)Nc2cccc(-c3nc(N)nc(Nc4ccc(-c5nn[nH]n5)cc4)n3)c2CO)cc1. The average molecular weight is 537 g/mol. The second-order valence-electron chi connectivity index (χ2n) is 10.0. The molecule has 2 aromatic heterocycles. The maximum absolute atomic E-state index is 13.0. The highest BCUT2D eigenvalue weighted by molar-refractivity contribution is 6.05. The molecule has 0 radical (unpaired) electrons. The molecule has 0 fully saturated rings. The highest BCUT2D eigenvalue weighted by Gasteiger charge is 2.18.